The first-order valence-corrected chi connectivity index (χ1v) is 6.76. The highest BCUT2D eigenvalue weighted by molar-refractivity contribution is 5.12. The summed E-state index contributed by atoms with van der Waals surface area (Å²) in [6.45, 7) is 4.13. The van der Waals surface area contributed by atoms with Crippen molar-refractivity contribution >= 4 is 0 Å². The molecule has 1 atom stereocenters. The Kier molecular flexibility index (Phi) is 3.43. The summed E-state index contributed by atoms with van der Waals surface area (Å²) in [4.78, 5) is 0. The van der Waals surface area contributed by atoms with E-state index in [1.54, 1.807) is 0 Å². The Bertz CT molecular complexity index is 351. The van der Waals surface area contributed by atoms with Gasteiger partial charge in [0.15, 0.2) is 0 Å². The molecule has 0 saturated carbocycles. The van der Waals surface area contributed by atoms with E-state index < -0.39 is 0 Å². The van der Waals surface area contributed by atoms with E-state index in [1.165, 1.54) is 31.2 Å². The number of hydrogen-bond donors (Lipinski definition) is 1. The molecule has 1 unspecified atom stereocenters. The van der Waals surface area contributed by atoms with Gasteiger partial charge in [-0.15, -0.1) is 0 Å². The van der Waals surface area contributed by atoms with Crippen molar-refractivity contribution in [2.24, 2.45) is 0 Å². The molecule has 0 amide bonds. The van der Waals surface area contributed by atoms with Crippen molar-refractivity contribution in [2.75, 3.05) is 19.7 Å². The molecule has 0 radical (unpaired) electrons. The van der Waals surface area contributed by atoms with Crippen LogP contribution in [0, 0.1) is 0 Å². The van der Waals surface area contributed by atoms with Crippen LogP contribution in [0.15, 0.2) is 12.4 Å². The lowest BCUT2D eigenvalue weighted by Crippen LogP contribution is -2.26. The molecule has 0 spiro atoms. The third kappa shape index (κ3) is 2.69. The van der Waals surface area contributed by atoms with E-state index in [-0.39, 0.29) is 0 Å². The summed E-state index contributed by atoms with van der Waals surface area (Å²) in [6.07, 6.45) is 9.52. The van der Waals surface area contributed by atoms with E-state index in [2.05, 4.69) is 21.3 Å². The Balaban J connectivity index is 1.60. The summed E-state index contributed by atoms with van der Waals surface area (Å²) in [5, 5.41) is 7.87. The molecular formula is C13H21N3O. The zero-order valence-electron chi connectivity index (χ0n) is 10.3. The van der Waals surface area contributed by atoms with Crippen molar-refractivity contribution in [2.45, 2.75) is 44.2 Å². The second-order valence-electron chi connectivity index (χ2n) is 5.16. The smallest absolute Gasteiger partial charge is 0.0771 e. The minimum absolute atomic E-state index is 0.385. The van der Waals surface area contributed by atoms with Crippen molar-refractivity contribution < 1.29 is 4.74 Å². The molecular weight excluding hydrogens is 214 g/mol. The summed E-state index contributed by atoms with van der Waals surface area (Å²) in [7, 11) is 0. The largest absolute Gasteiger partial charge is 0.376 e. The molecule has 2 aliphatic rings. The number of nitrogens with zero attached hydrogens (tertiary/aromatic N) is 2. The maximum Gasteiger partial charge on any atom is 0.0771 e. The van der Waals surface area contributed by atoms with Crippen molar-refractivity contribution in [3.05, 3.63) is 18.0 Å². The van der Waals surface area contributed by atoms with Crippen molar-refractivity contribution in [3.8, 4) is 0 Å². The molecule has 2 saturated heterocycles. The predicted octanol–water partition coefficient (Wildman–Crippen LogP) is 1.53. The van der Waals surface area contributed by atoms with Gasteiger partial charge in [-0.1, -0.05) is 0 Å². The number of aromatic nitrogens is 2. The van der Waals surface area contributed by atoms with Crippen LogP contribution in [0.4, 0.5) is 0 Å². The molecule has 17 heavy (non-hydrogen) atoms. The zero-order chi connectivity index (χ0) is 11.5. The molecule has 3 rings (SSSR count). The minimum Gasteiger partial charge on any atom is -0.376 e. The van der Waals surface area contributed by atoms with Crippen LogP contribution in [0.3, 0.4) is 0 Å². The van der Waals surface area contributed by atoms with Gasteiger partial charge < -0.3 is 10.1 Å². The van der Waals surface area contributed by atoms with E-state index in [9.17, 15) is 0 Å². The van der Waals surface area contributed by atoms with E-state index >= 15 is 0 Å². The summed E-state index contributed by atoms with van der Waals surface area (Å²) in [5.74, 6) is 0.703. The molecule has 0 bridgehead atoms. The van der Waals surface area contributed by atoms with Crippen molar-refractivity contribution in [1.29, 1.82) is 0 Å². The fourth-order valence-corrected chi connectivity index (χ4v) is 2.84. The van der Waals surface area contributed by atoms with E-state index in [0.29, 0.717) is 12.0 Å². The Morgan fingerprint density at radius 3 is 3.00 bits per heavy atom. The molecule has 1 aromatic heterocycles. The van der Waals surface area contributed by atoms with Crippen LogP contribution in [0.2, 0.25) is 0 Å². The molecule has 2 fully saturated rings. The average molecular weight is 235 g/mol. The fourth-order valence-electron chi connectivity index (χ4n) is 2.84. The van der Waals surface area contributed by atoms with Gasteiger partial charge in [0.05, 0.1) is 18.8 Å². The molecule has 1 N–H and O–H groups in total. The Hall–Kier alpha value is -0.870. The monoisotopic (exact) mass is 235 g/mol. The fraction of sp³-hybridized carbons (Fsp3) is 0.769. The minimum atomic E-state index is 0.385. The first-order chi connectivity index (χ1) is 8.42. The summed E-state index contributed by atoms with van der Waals surface area (Å²) < 4.78 is 7.70. The van der Waals surface area contributed by atoms with Crippen LogP contribution in [0.1, 0.15) is 37.2 Å². The SMILES string of the molecule is c1nn(CC2CCCO2)cc1C1CCNCC1. The number of piperidine rings is 1. The zero-order valence-corrected chi connectivity index (χ0v) is 10.3. The van der Waals surface area contributed by atoms with E-state index in [0.717, 1.165) is 26.2 Å². The van der Waals surface area contributed by atoms with Gasteiger partial charge >= 0.3 is 0 Å². The number of rotatable bonds is 3. The Morgan fingerprint density at radius 1 is 1.35 bits per heavy atom. The lowest BCUT2D eigenvalue weighted by atomic mass is 9.93. The van der Waals surface area contributed by atoms with E-state index in [4.69, 9.17) is 4.74 Å². The van der Waals surface area contributed by atoms with Crippen LogP contribution in [0.5, 0.6) is 0 Å². The molecule has 1 aromatic rings. The van der Waals surface area contributed by atoms with Gasteiger partial charge in [-0.2, -0.15) is 5.10 Å². The van der Waals surface area contributed by atoms with Gasteiger partial charge in [0.25, 0.3) is 0 Å². The number of nitrogens with one attached hydrogen (secondary N) is 1. The highest BCUT2D eigenvalue weighted by Gasteiger charge is 2.19. The molecule has 0 aromatic carbocycles. The topological polar surface area (TPSA) is 39.1 Å². The molecule has 4 nitrogen and oxygen atoms in total. The van der Waals surface area contributed by atoms with Crippen LogP contribution < -0.4 is 5.32 Å². The normalized spacial score (nSPS) is 26.5. The molecule has 3 heterocycles. The van der Waals surface area contributed by atoms with Gasteiger partial charge in [0.1, 0.15) is 0 Å². The maximum atomic E-state index is 5.64. The first kappa shape index (κ1) is 11.2. The highest BCUT2D eigenvalue weighted by atomic mass is 16.5. The highest BCUT2D eigenvalue weighted by Crippen LogP contribution is 2.24. The third-order valence-corrected chi connectivity index (χ3v) is 3.88. The molecule has 4 heteroatoms. The quantitative estimate of drug-likeness (QED) is 0.863. The lowest BCUT2D eigenvalue weighted by Gasteiger charge is -2.21. The summed E-state index contributed by atoms with van der Waals surface area (Å²) in [6, 6.07) is 0. The Labute approximate surface area is 102 Å². The van der Waals surface area contributed by atoms with Crippen LogP contribution in [-0.4, -0.2) is 35.6 Å². The lowest BCUT2D eigenvalue weighted by molar-refractivity contribution is 0.0940. The standard InChI is InChI=1S/C13H21N3O/c1-2-13(17-7-1)10-16-9-12(8-15-16)11-3-5-14-6-4-11/h8-9,11,13-14H,1-7,10H2. The number of ether oxygens (including phenoxy) is 1. The predicted molar refractivity (Wildman–Crippen MR) is 66.0 cm³/mol. The first-order valence-electron chi connectivity index (χ1n) is 6.76. The van der Waals surface area contributed by atoms with Crippen LogP contribution in [-0.2, 0) is 11.3 Å². The average Bonchev–Trinajstić information content (AvgIpc) is 3.02. The van der Waals surface area contributed by atoms with Gasteiger partial charge in [0.2, 0.25) is 0 Å². The van der Waals surface area contributed by atoms with Crippen LogP contribution >= 0.6 is 0 Å². The molecule has 94 valence electrons. The van der Waals surface area contributed by atoms with Crippen molar-refractivity contribution in [3.63, 3.8) is 0 Å². The van der Waals surface area contributed by atoms with Crippen LogP contribution in [0.25, 0.3) is 0 Å². The van der Waals surface area contributed by atoms with Gasteiger partial charge in [-0.05, 0) is 50.3 Å². The second-order valence-corrected chi connectivity index (χ2v) is 5.16. The van der Waals surface area contributed by atoms with Gasteiger partial charge in [0, 0.05) is 12.8 Å². The second kappa shape index (κ2) is 5.19. The van der Waals surface area contributed by atoms with Crippen molar-refractivity contribution in [1.82, 2.24) is 15.1 Å². The third-order valence-electron chi connectivity index (χ3n) is 3.88. The van der Waals surface area contributed by atoms with E-state index in [1.807, 2.05) is 6.20 Å². The number of hydrogen-bond acceptors (Lipinski definition) is 3. The molecule has 0 aliphatic carbocycles. The van der Waals surface area contributed by atoms with Gasteiger partial charge in [-0.25, -0.2) is 0 Å². The Morgan fingerprint density at radius 2 is 2.24 bits per heavy atom. The maximum absolute atomic E-state index is 5.64. The molecule has 2 aliphatic heterocycles. The summed E-state index contributed by atoms with van der Waals surface area (Å²) >= 11 is 0. The van der Waals surface area contributed by atoms with Gasteiger partial charge in [-0.3, -0.25) is 4.68 Å². The summed E-state index contributed by atoms with van der Waals surface area (Å²) in [5.41, 5.74) is 1.41.